The Morgan fingerprint density at radius 3 is 1.88 bits per heavy atom. The van der Waals surface area contributed by atoms with Gasteiger partial charge in [0.25, 0.3) is 0 Å². The molecule has 24 heavy (non-hydrogen) atoms. The van der Waals surface area contributed by atoms with Crippen LogP contribution in [0.1, 0.15) is 85.0 Å². The first-order valence-electron chi connectivity index (χ1n) is 9.98. The van der Waals surface area contributed by atoms with Crippen LogP contribution in [0.4, 0.5) is 0 Å². The molecule has 2 nitrogen and oxygen atoms in total. The van der Waals surface area contributed by atoms with Crippen molar-refractivity contribution in [3.8, 4) is 0 Å². The fraction of sp³-hybridized carbons (Fsp3) is 0.682. The smallest absolute Gasteiger partial charge is 0.222 e. The number of rotatable bonds is 15. The molecular formula is C22H39NO. The molecule has 1 amide bonds. The van der Waals surface area contributed by atoms with Gasteiger partial charge in [-0.1, -0.05) is 62.6 Å². The normalized spacial score (nSPS) is 12.0. The molecule has 2 heteroatoms. The lowest BCUT2D eigenvalue weighted by atomic mass is 10.1. The molecule has 0 radical (unpaired) electrons. The van der Waals surface area contributed by atoms with Crippen molar-refractivity contribution >= 4 is 5.91 Å². The number of carbonyl (C=O) groups is 1. The Kier molecular flexibility index (Phi) is 17.1. The first-order chi connectivity index (χ1) is 11.8. The molecule has 0 N–H and O–H groups in total. The summed E-state index contributed by atoms with van der Waals surface area (Å²) in [7, 11) is 0. The minimum atomic E-state index is 0.321. The quantitative estimate of drug-likeness (QED) is 0.249. The maximum atomic E-state index is 11.8. The highest BCUT2D eigenvalue weighted by atomic mass is 16.2. The molecule has 0 rings (SSSR count). The van der Waals surface area contributed by atoms with E-state index in [2.05, 4.69) is 43.4 Å². The summed E-state index contributed by atoms with van der Waals surface area (Å²) < 4.78 is 0. The fourth-order valence-corrected chi connectivity index (χ4v) is 2.63. The molecule has 0 atom stereocenters. The summed E-state index contributed by atoms with van der Waals surface area (Å²) in [6.45, 7) is 7.94. The minimum Gasteiger partial charge on any atom is -0.343 e. The molecule has 0 spiro atoms. The van der Waals surface area contributed by atoms with Crippen molar-refractivity contribution in [2.75, 3.05) is 13.1 Å². The monoisotopic (exact) mass is 333 g/mol. The lowest BCUT2D eigenvalue weighted by molar-refractivity contribution is -0.130. The van der Waals surface area contributed by atoms with Crippen molar-refractivity contribution < 1.29 is 4.79 Å². The van der Waals surface area contributed by atoms with Crippen molar-refractivity contribution in [3.63, 3.8) is 0 Å². The molecule has 0 aliphatic carbocycles. The Morgan fingerprint density at radius 2 is 1.25 bits per heavy atom. The van der Waals surface area contributed by atoms with Crippen LogP contribution in [0.15, 0.2) is 36.5 Å². The van der Waals surface area contributed by atoms with Gasteiger partial charge < -0.3 is 4.90 Å². The van der Waals surface area contributed by atoms with Gasteiger partial charge in [0.2, 0.25) is 5.91 Å². The Balaban J connectivity index is 3.40. The molecule has 0 saturated carbocycles. The molecule has 0 aromatic carbocycles. The van der Waals surface area contributed by atoms with Gasteiger partial charge in [-0.05, 0) is 52.4 Å². The summed E-state index contributed by atoms with van der Waals surface area (Å²) in [5, 5.41) is 0. The number of amides is 1. The molecule has 0 aromatic rings. The zero-order valence-corrected chi connectivity index (χ0v) is 16.3. The topological polar surface area (TPSA) is 20.3 Å². The lowest BCUT2D eigenvalue weighted by Gasteiger charge is -2.18. The van der Waals surface area contributed by atoms with Crippen LogP contribution in [0.3, 0.4) is 0 Å². The number of hydrogen-bond donors (Lipinski definition) is 0. The van der Waals surface area contributed by atoms with Crippen LogP contribution in [0, 0.1) is 0 Å². The molecule has 0 aromatic heterocycles. The van der Waals surface area contributed by atoms with Crippen LogP contribution in [0.25, 0.3) is 0 Å². The summed E-state index contributed by atoms with van der Waals surface area (Å²) in [6, 6.07) is 0. The third kappa shape index (κ3) is 14.3. The Labute approximate surface area is 150 Å². The number of nitrogens with zero attached hydrogens (tertiary/aromatic N) is 1. The average Bonchev–Trinajstić information content (AvgIpc) is 2.59. The maximum Gasteiger partial charge on any atom is 0.222 e. The van der Waals surface area contributed by atoms with Gasteiger partial charge >= 0.3 is 0 Å². The van der Waals surface area contributed by atoms with E-state index in [0.717, 1.165) is 45.2 Å². The van der Waals surface area contributed by atoms with Crippen molar-refractivity contribution in [1.29, 1.82) is 0 Å². The molecule has 0 unspecified atom stereocenters. The molecular weight excluding hydrogens is 294 g/mol. The van der Waals surface area contributed by atoms with Gasteiger partial charge in [-0.3, -0.25) is 4.79 Å². The number of hydrogen-bond acceptors (Lipinski definition) is 1. The third-order valence-corrected chi connectivity index (χ3v) is 4.16. The largest absolute Gasteiger partial charge is 0.343 e. The predicted molar refractivity (Wildman–Crippen MR) is 107 cm³/mol. The fourth-order valence-electron chi connectivity index (χ4n) is 2.63. The summed E-state index contributed by atoms with van der Waals surface area (Å²) in [5.41, 5.74) is 0. The summed E-state index contributed by atoms with van der Waals surface area (Å²) >= 11 is 0. The minimum absolute atomic E-state index is 0.321. The van der Waals surface area contributed by atoms with E-state index < -0.39 is 0 Å². The van der Waals surface area contributed by atoms with Crippen LogP contribution in [-0.4, -0.2) is 23.9 Å². The summed E-state index contributed by atoms with van der Waals surface area (Å²) in [6.07, 6.45) is 24.6. The molecule has 0 fully saturated rings. The van der Waals surface area contributed by atoms with E-state index in [1.54, 1.807) is 0 Å². The Bertz CT molecular complexity index is 364. The first-order valence-corrected chi connectivity index (χ1v) is 9.98. The third-order valence-electron chi connectivity index (χ3n) is 4.16. The molecule has 138 valence electrons. The van der Waals surface area contributed by atoms with Gasteiger partial charge in [0, 0.05) is 19.5 Å². The molecule has 0 saturated heterocycles. The Morgan fingerprint density at radius 1 is 0.708 bits per heavy atom. The highest BCUT2D eigenvalue weighted by Gasteiger charge is 2.07. The van der Waals surface area contributed by atoms with Gasteiger partial charge in [0.05, 0.1) is 0 Å². The lowest BCUT2D eigenvalue weighted by Crippen LogP contribution is -2.30. The second kappa shape index (κ2) is 18.0. The Hall–Kier alpha value is -1.31. The number of carbonyl (C=O) groups excluding carboxylic acids is 1. The zero-order valence-electron chi connectivity index (χ0n) is 16.3. The highest BCUT2D eigenvalue weighted by molar-refractivity contribution is 5.75. The average molecular weight is 334 g/mol. The van der Waals surface area contributed by atoms with Crippen molar-refractivity contribution in [2.45, 2.75) is 85.0 Å². The van der Waals surface area contributed by atoms with E-state index in [1.807, 2.05) is 18.7 Å². The van der Waals surface area contributed by atoms with Gasteiger partial charge in [-0.25, -0.2) is 0 Å². The SMILES string of the molecule is CC/C=C\C/C=C\C/C=C\CCCCCCCC(=O)N(CC)CC. The second-order valence-corrected chi connectivity index (χ2v) is 6.17. The molecule has 0 aliphatic heterocycles. The summed E-state index contributed by atoms with van der Waals surface area (Å²) in [5.74, 6) is 0.321. The second-order valence-electron chi connectivity index (χ2n) is 6.17. The van der Waals surface area contributed by atoms with Gasteiger partial charge in [-0.15, -0.1) is 0 Å². The van der Waals surface area contributed by atoms with Crippen molar-refractivity contribution in [1.82, 2.24) is 4.90 Å². The summed E-state index contributed by atoms with van der Waals surface area (Å²) in [4.78, 5) is 13.8. The maximum absolute atomic E-state index is 11.8. The van der Waals surface area contributed by atoms with Crippen LogP contribution >= 0.6 is 0 Å². The van der Waals surface area contributed by atoms with E-state index in [1.165, 1.54) is 32.1 Å². The van der Waals surface area contributed by atoms with E-state index in [9.17, 15) is 4.79 Å². The van der Waals surface area contributed by atoms with Crippen LogP contribution < -0.4 is 0 Å². The van der Waals surface area contributed by atoms with E-state index >= 15 is 0 Å². The first kappa shape index (κ1) is 22.7. The van der Waals surface area contributed by atoms with Gasteiger partial charge in [-0.2, -0.15) is 0 Å². The number of unbranched alkanes of at least 4 members (excludes halogenated alkanes) is 5. The van der Waals surface area contributed by atoms with E-state index in [-0.39, 0.29) is 0 Å². The standard InChI is InChI=1S/C22H39NO/c1-4-7-8-9-10-11-12-13-14-15-16-17-18-19-20-21-22(24)23(5-2)6-3/h7-8,10-11,13-14H,4-6,9,12,15-21H2,1-3H3/b8-7-,11-10-,14-13-. The predicted octanol–water partition coefficient (Wildman–Crippen LogP) is 6.44. The zero-order chi connectivity index (χ0) is 17.9. The van der Waals surface area contributed by atoms with Crippen LogP contribution in [0.5, 0.6) is 0 Å². The van der Waals surface area contributed by atoms with Crippen LogP contribution in [0.2, 0.25) is 0 Å². The molecule has 0 heterocycles. The molecule has 0 aliphatic rings. The van der Waals surface area contributed by atoms with E-state index in [4.69, 9.17) is 0 Å². The van der Waals surface area contributed by atoms with Gasteiger partial charge in [0.15, 0.2) is 0 Å². The van der Waals surface area contributed by atoms with Crippen LogP contribution in [-0.2, 0) is 4.79 Å². The highest BCUT2D eigenvalue weighted by Crippen LogP contribution is 2.09. The van der Waals surface area contributed by atoms with Crippen molar-refractivity contribution in [3.05, 3.63) is 36.5 Å². The van der Waals surface area contributed by atoms with Crippen molar-refractivity contribution in [2.24, 2.45) is 0 Å². The molecule has 0 bridgehead atoms. The van der Waals surface area contributed by atoms with Gasteiger partial charge in [0.1, 0.15) is 0 Å². The number of allylic oxidation sites excluding steroid dienone is 6. The van der Waals surface area contributed by atoms with E-state index in [0.29, 0.717) is 5.91 Å².